The Bertz CT molecular complexity index is 539. The number of carbonyl (C=O) groups is 2. The van der Waals surface area contributed by atoms with E-state index in [-0.39, 0.29) is 12.5 Å². The number of likely N-dealkylation sites (tertiary alicyclic amines) is 1. The third kappa shape index (κ3) is 4.01. The Labute approximate surface area is 122 Å². The SMILES string of the molecule is CC1(C(=O)O)CCN(CC(=O)Nc2cccc(F)c2)CC1. The van der Waals surface area contributed by atoms with Crippen LogP contribution in [0.25, 0.3) is 0 Å². The van der Waals surface area contributed by atoms with Gasteiger partial charge in [-0.3, -0.25) is 14.5 Å². The molecule has 2 N–H and O–H groups in total. The number of carboxylic acids is 1. The molecule has 0 radical (unpaired) electrons. The molecule has 0 atom stereocenters. The van der Waals surface area contributed by atoms with Gasteiger partial charge in [0.25, 0.3) is 0 Å². The summed E-state index contributed by atoms with van der Waals surface area (Å²) in [6, 6.07) is 5.73. The Balaban J connectivity index is 1.83. The topological polar surface area (TPSA) is 69.6 Å². The van der Waals surface area contributed by atoms with E-state index in [0.717, 1.165) is 0 Å². The van der Waals surface area contributed by atoms with E-state index in [9.17, 15) is 14.0 Å². The van der Waals surface area contributed by atoms with Gasteiger partial charge in [0.1, 0.15) is 5.82 Å². The lowest BCUT2D eigenvalue weighted by Gasteiger charge is -2.35. The molecule has 21 heavy (non-hydrogen) atoms. The molecule has 6 heteroatoms. The van der Waals surface area contributed by atoms with E-state index in [1.807, 2.05) is 4.90 Å². The number of benzene rings is 1. The number of amides is 1. The van der Waals surface area contributed by atoms with Gasteiger partial charge in [-0.25, -0.2) is 4.39 Å². The number of hydrogen-bond acceptors (Lipinski definition) is 3. The van der Waals surface area contributed by atoms with E-state index < -0.39 is 17.2 Å². The van der Waals surface area contributed by atoms with Crippen LogP contribution in [0.3, 0.4) is 0 Å². The molecule has 1 aromatic carbocycles. The molecule has 0 spiro atoms. The van der Waals surface area contributed by atoms with Crippen LogP contribution >= 0.6 is 0 Å². The highest BCUT2D eigenvalue weighted by atomic mass is 19.1. The molecule has 0 saturated carbocycles. The van der Waals surface area contributed by atoms with E-state index in [2.05, 4.69) is 5.32 Å². The van der Waals surface area contributed by atoms with Gasteiger partial charge in [-0.1, -0.05) is 6.07 Å². The van der Waals surface area contributed by atoms with E-state index in [4.69, 9.17) is 5.11 Å². The van der Waals surface area contributed by atoms with Crippen molar-refractivity contribution in [3.8, 4) is 0 Å². The molecular formula is C15H19FN2O3. The van der Waals surface area contributed by atoms with Crippen molar-refractivity contribution in [2.45, 2.75) is 19.8 Å². The normalized spacial score (nSPS) is 18.2. The molecule has 2 rings (SSSR count). The van der Waals surface area contributed by atoms with Crippen LogP contribution in [0, 0.1) is 11.2 Å². The van der Waals surface area contributed by atoms with Gasteiger partial charge < -0.3 is 10.4 Å². The number of nitrogens with zero attached hydrogens (tertiary/aromatic N) is 1. The molecule has 1 fully saturated rings. The molecule has 1 amide bonds. The summed E-state index contributed by atoms with van der Waals surface area (Å²) in [6.07, 6.45) is 1.05. The molecular weight excluding hydrogens is 275 g/mol. The summed E-state index contributed by atoms with van der Waals surface area (Å²) >= 11 is 0. The lowest BCUT2D eigenvalue weighted by molar-refractivity contribution is -0.150. The molecule has 0 aromatic heterocycles. The quantitative estimate of drug-likeness (QED) is 0.890. The Morgan fingerprint density at radius 3 is 2.62 bits per heavy atom. The third-order valence-corrected chi connectivity index (χ3v) is 3.95. The lowest BCUT2D eigenvalue weighted by Crippen LogP contribution is -2.45. The first-order chi connectivity index (χ1) is 9.89. The zero-order valence-corrected chi connectivity index (χ0v) is 11.9. The van der Waals surface area contributed by atoms with Crippen molar-refractivity contribution in [3.63, 3.8) is 0 Å². The number of aliphatic carboxylic acids is 1. The Kier molecular flexibility index (Phi) is 4.57. The molecule has 114 valence electrons. The minimum Gasteiger partial charge on any atom is -0.481 e. The largest absolute Gasteiger partial charge is 0.481 e. The number of nitrogens with one attached hydrogen (secondary N) is 1. The van der Waals surface area contributed by atoms with Gasteiger partial charge in [0.2, 0.25) is 5.91 Å². The molecule has 0 aliphatic carbocycles. The second kappa shape index (κ2) is 6.22. The van der Waals surface area contributed by atoms with Gasteiger partial charge >= 0.3 is 5.97 Å². The van der Waals surface area contributed by atoms with Crippen LogP contribution in [0.2, 0.25) is 0 Å². The molecule has 5 nitrogen and oxygen atoms in total. The summed E-state index contributed by atoms with van der Waals surface area (Å²) in [7, 11) is 0. The second-order valence-corrected chi connectivity index (χ2v) is 5.70. The van der Waals surface area contributed by atoms with Crippen LogP contribution in [-0.2, 0) is 9.59 Å². The molecule has 1 aliphatic heterocycles. The lowest BCUT2D eigenvalue weighted by atomic mass is 9.80. The van der Waals surface area contributed by atoms with Gasteiger partial charge in [0.05, 0.1) is 12.0 Å². The molecule has 1 aliphatic rings. The average molecular weight is 294 g/mol. The Morgan fingerprint density at radius 1 is 1.38 bits per heavy atom. The van der Waals surface area contributed by atoms with Crippen molar-refractivity contribution >= 4 is 17.6 Å². The Morgan fingerprint density at radius 2 is 2.05 bits per heavy atom. The summed E-state index contributed by atoms with van der Waals surface area (Å²) in [5.74, 6) is -1.41. The predicted molar refractivity (Wildman–Crippen MR) is 76.4 cm³/mol. The Hall–Kier alpha value is -1.95. The monoisotopic (exact) mass is 294 g/mol. The van der Waals surface area contributed by atoms with Crippen molar-refractivity contribution in [3.05, 3.63) is 30.1 Å². The van der Waals surface area contributed by atoms with Crippen LogP contribution in [0.4, 0.5) is 10.1 Å². The first-order valence-corrected chi connectivity index (χ1v) is 6.90. The maximum atomic E-state index is 13.0. The van der Waals surface area contributed by atoms with Gasteiger partial charge in [0.15, 0.2) is 0 Å². The highest BCUT2D eigenvalue weighted by Crippen LogP contribution is 2.30. The van der Waals surface area contributed by atoms with Crippen LogP contribution in [-0.4, -0.2) is 41.5 Å². The van der Waals surface area contributed by atoms with Crippen LogP contribution in [0.15, 0.2) is 24.3 Å². The smallest absolute Gasteiger partial charge is 0.309 e. The fraction of sp³-hybridized carbons (Fsp3) is 0.467. The molecule has 1 heterocycles. The molecule has 1 saturated heterocycles. The van der Waals surface area contributed by atoms with Gasteiger partial charge in [0, 0.05) is 5.69 Å². The number of rotatable bonds is 4. The first-order valence-electron chi connectivity index (χ1n) is 6.90. The van der Waals surface area contributed by atoms with Gasteiger partial charge in [-0.05, 0) is 51.1 Å². The number of anilines is 1. The van der Waals surface area contributed by atoms with Crippen LogP contribution < -0.4 is 5.32 Å². The third-order valence-electron chi connectivity index (χ3n) is 3.95. The molecule has 1 aromatic rings. The predicted octanol–water partition coefficient (Wildman–Crippen LogP) is 1.95. The number of hydrogen-bond donors (Lipinski definition) is 2. The van der Waals surface area contributed by atoms with Crippen LogP contribution in [0.5, 0.6) is 0 Å². The summed E-state index contributed by atoms with van der Waals surface area (Å²) in [5, 5.41) is 11.8. The highest BCUT2D eigenvalue weighted by Gasteiger charge is 2.37. The summed E-state index contributed by atoms with van der Waals surface area (Å²) in [5.41, 5.74) is -0.275. The molecule has 0 unspecified atom stereocenters. The minimum atomic E-state index is -0.786. The van der Waals surface area contributed by atoms with Crippen molar-refractivity contribution < 1.29 is 19.1 Å². The standard InChI is InChI=1S/C15H19FN2O3/c1-15(14(20)21)5-7-18(8-6-15)10-13(19)17-12-4-2-3-11(16)9-12/h2-4,9H,5-8,10H2,1H3,(H,17,19)(H,20,21). The fourth-order valence-corrected chi connectivity index (χ4v) is 2.39. The zero-order chi connectivity index (χ0) is 15.5. The summed E-state index contributed by atoms with van der Waals surface area (Å²) < 4.78 is 13.0. The van der Waals surface area contributed by atoms with E-state index >= 15 is 0 Å². The number of halogens is 1. The second-order valence-electron chi connectivity index (χ2n) is 5.70. The van der Waals surface area contributed by atoms with Crippen molar-refractivity contribution in [2.24, 2.45) is 5.41 Å². The summed E-state index contributed by atoms with van der Waals surface area (Å²) in [6.45, 7) is 3.06. The number of carbonyl (C=O) groups excluding carboxylic acids is 1. The summed E-state index contributed by atoms with van der Waals surface area (Å²) in [4.78, 5) is 25.0. The van der Waals surface area contributed by atoms with Gasteiger partial charge in [-0.2, -0.15) is 0 Å². The highest BCUT2D eigenvalue weighted by molar-refractivity contribution is 5.92. The van der Waals surface area contributed by atoms with Gasteiger partial charge in [-0.15, -0.1) is 0 Å². The number of piperidine rings is 1. The first kappa shape index (κ1) is 15.4. The van der Waals surface area contributed by atoms with E-state index in [0.29, 0.717) is 31.6 Å². The maximum absolute atomic E-state index is 13.0. The maximum Gasteiger partial charge on any atom is 0.309 e. The fourth-order valence-electron chi connectivity index (χ4n) is 2.39. The van der Waals surface area contributed by atoms with E-state index in [1.165, 1.54) is 18.2 Å². The minimum absolute atomic E-state index is 0.187. The van der Waals surface area contributed by atoms with Crippen molar-refractivity contribution in [1.82, 2.24) is 4.90 Å². The zero-order valence-electron chi connectivity index (χ0n) is 11.9. The van der Waals surface area contributed by atoms with Crippen LogP contribution in [0.1, 0.15) is 19.8 Å². The average Bonchev–Trinajstić information content (AvgIpc) is 2.41. The van der Waals surface area contributed by atoms with Crippen molar-refractivity contribution in [1.29, 1.82) is 0 Å². The molecule has 0 bridgehead atoms. The van der Waals surface area contributed by atoms with Crippen molar-refractivity contribution in [2.75, 3.05) is 25.0 Å². The van der Waals surface area contributed by atoms with E-state index in [1.54, 1.807) is 13.0 Å². The number of carboxylic acid groups (broad SMARTS) is 1.